The van der Waals surface area contributed by atoms with Gasteiger partial charge < -0.3 is 4.52 Å². The van der Waals surface area contributed by atoms with Gasteiger partial charge in [-0.25, -0.2) is 0 Å². The maximum absolute atomic E-state index is 13.2. The molecule has 0 aliphatic carbocycles. The summed E-state index contributed by atoms with van der Waals surface area (Å²) in [4.78, 5) is 22.7. The van der Waals surface area contributed by atoms with Gasteiger partial charge in [0.25, 0.3) is 11.4 Å². The van der Waals surface area contributed by atoms with Crippen molar-refractivity contribution in [3.05, 3.63) is 83.4 Å². The number of hydrogen-bond acceptors (Lipinski definition) is 7. The summed E-state index contributed by atoms with van der Waals surface area (Å²) in [5, 5.41) is 9.87. The van der Waals surface area contributed by atoms with Gasteiger partial charge in [-0.05, 0) is 42.7 Å². The Morgan fingerprint density at radius 1 is 0.967 bits per heavy atom. The summed E-state index contributed by atoms with van der Waals surface area (Å²) in [6.45, 7) is 0. The van der Waals surface area contributed by atoms with Crippen molar-refractivity contribution in [2.45, 2.75) is 4.90 Å². The van der Waals surface area contributed by atoms with Crippen LogP contribution >= 0.6 is 11.8 Å². The first-order valence-corrected chi connectivity index (χ1v) is 10.4. The van der Waals surface area contributed by atoms with Crippen molar-refractivity contribution in [2.75, 3.05) is 6.26 Å². The number of rotatable bonds is 4. The van der Waals surface area contributed by atoms with Crippen molar-refractivity contribution in [1.29, 1.82) is 0 Å². The van der Waals surface area contributed by atoms with E-state index in [9.17, 15) is 4.79 Å². The van der Waals surface area contributed by atoms with Crippen molar-refractivity contribution in [2.24, 2.45) is 0 Å². The molecule has 3 heterocycles. The van der Waals surface area contributed by atoms with Crippen molar-refractivity contribution in [3.63, 3.8) is 0 Å². The molecule has 0 aliphatic heterocycles. The van der Waals surface area contributed by atoms with Gasteiger partial charge in [0, 0.05) is 28.2 Å². The molecule has 8 heteroatoms. The highest BCUT2D eigenvalue weighted by Gasteiger charge is 2.19. The molecular formula is C22H15N5O2S. The van der Waals surface area contributed by atoms with Crippen LogP contribution in [0.15, 0.2) is 87.3 Å². The zero-order valence-corrected chi connectivity index (χ0v) is 16.7. The second-order valence-corrected chi connectivity index (χ2v) is 7.35. The molecule has 0 N–H and O–H groups in total. The summed E-state index contributed by atoms with van der Waals surface area (Å²) in [7, 11) is 0. The highest BCUT2D eigenvalue weighted by atomic mass is 32.2. The lowest BCUT2D eigenvalue weighted by atomic mass is 10.1. The molecule has 0 saturated carbocycles. The zero-order chi connectivity index (χ0) is 20.5. The molecule has 7 nitrogen and oxygen atoms in total. The molecule has 146 valence electrons. The summed E-state index contributed by atoms with van der Waals surface area (Å²) in [6.07, 6.45) is 5.32. The van der Waals surface area contributed by atoms with Gasteiger partial charge in [-0.2, -0.15) is 14.8 Å². The molecule has 0 radical (unpaired) electrons. The van der Waals surface area contributed by atoms with E-state index in [1.54, 1.807) is 42.4 Å². The fraction of sp³-hybridized carbons (Fsp3) is 0.0455. The monoisotopic (exact) mass is 413 g/mol. The van der Waals surface area contributed by atoms with E-state index in [1.165, 1.54) is 4.68 Å². The summed E-state index contributed by atoms with van der Waals surface area (Å²) < 4.78 is 6.91. The fourth-order valence-corrected chi connectivity index (χ4v) is 3.66. The topological polar surface area (TPSA) is 86.7 Å². The van der Waals surface area contributed by atoms with E-state index < -0.39 is 0 Å². The lowest BCUT2D eigenvalue weighted by Gasteiger charge is -2.10. The van der Waals surface area contributed by atoms with Crippen molar-refractivity contribution < 1.29 is 4.52 Å². The Balaban J connectivity index is 1.73. The Morgan fingerprint density at radius 2 is 1.77 bits per heavy atom. The smallest absolute Gasteiger partial charge is 0.279 e. The van der Waals surface area contributed by atoms with Crippen LogP contribution in [0.3, 0.4) is 0 Å². The standard InChI is InChI=1S/C22H15N5O2S/c1-30-16-6-4-5-15(13-16)27-22(28)18-8-3-2-7-17(18)19(25-27)21-24-20(26-29-21)14-9-11-23-12-10-14/h2-13H,1H3. The first-order valence-electron chi connectivity index (χ1n) is 9.15. The fourth-order valence-electron chi connectivity index (χ4n) is 3.20. The predicted octanol–water partition coefficient (Wildman–Crippen LogP) is 4.22. The number of benzene rings is 2. The number of pyridine rings is 1. The zero-order valence-electron chi connectivity index (χ0n) is 15.9. The lowest BCUT2D eigenvalue weighted by Crippen LogP contribution is -2.22. The molecule has 5 aromatic rings. The molecule has 0 atom stereocenters. The van der Waals surface area contributed by atoms with Gasteiger partial charge in [0.1, 0.15) is 0 Å². The van der Waals surface area contributed by atoms with E-state index >= 15 is 0 Å². The van der Waals surface area contributed by atoms with Crippen LogP contribution in [0.2, 0.25) is 0 Å². The first kappa shape index (κ1) is 18.3. The SMILES string of the molecule is CSc1cccc(-n2nc(-c3nc(-c4ccncc4)no3)c3ccccc3c2=O)c1. The maximum atomic E-state index is 13.2. The van der Waals surface area contributed by atoms with Crippen molar-refractivity contribution in [1.82, 2.24) is 24.9 Å². The normalized spacial score (nSPS) is 11.1. The van der Waals surface area contributed by atoms with Gasteiger partial charge in [0.2, 0.25) is 5.82 Å². The minimum Gasteiger partial charge on any atom is -0.332 e. The number of thioether (sulfide) groups is 1. The first-order chi connectivity index (χ1) is 14.7. The molecular weight excluding hydrogens is 398 g/mol. The molecule has 0 aliphatic rings. The minimum absolute atomic E-state index is 0.207. The highest BCUT2D eigenvalue weighted by molar-refractivity contribution is 7.98. The Hall–Kier alpha value is -3.78. The van der Waals surface area contributed by atoms with Crippen LogP contribution in [0.4, 0.5) is 0 Å². The van der Waals surface area contributed by atoms with Crippen LogP contribution in [0, 0.1) is 0 Å². The van der Waals surface area contributed by atoms with Gasteiger partial charge >= 0.3 is 0 Å². The van der Waals surface area contributed by atoms with E-state index in [-0.39, 0.29) is 11.4 Å². The number of aromatic nitrogens is 5. The third kappa shape index (κ3) is 3.17. The van der Waals surface area contributed by atoms with Gasteiger partial charge in [0.05, 0.1) is 11.1 Å². The van der Waals surface area contributed by atoms with Crippen LogP contribution in [-0.4, -0.2) is 31.2 Å². The van der Waals surface area contributed by atoms with Crippen molar-refractivity contribution in [3.8, 4) is 28.7 Å². The Morgan fingerprint density at radius 3 is 2.57 bits per heavy atom. The van der Waals surface area contributed by atoms with Gasteiger partial charge in [0.15, 0.2) is 5.69 Å². The van der Waals surface area contributed by atoms with Gasteiger partial charge in [-0.15, -0.1) is 11.8 Å². The summed E-state index contributed by atoms with van der Waals surface area (Å²) in [5.41, 5.74) is 1.70. The van der Waals surface area contributed by atoms with Crippen molar-refractivity contribution >= 4 is 22.5 Å². The Labute approximate surface area is 175 Å². The summed E-state index contributed by atoms with van der Waals surface area (Å²) >= 11 is 1.60. The van der Waals surface area contributed by atoms with Gasteiger partial charge in [-0.1, -0.05) is 29.4 Å². The molecule has 0 amide bonds. The van der Waals surface area contributed by atoms with Crippen LogP contribution in [-0.2, 0) is 0 Å². The van der Waals surface area contributed by atoms with Crippen LogP contribution in [0.1, 0.15) is 0 Å². The Kier molecular flexibility index (Phi) is 4.61. The third-order valence-electron chi connectivity index (χ3n) is 4.67. The quantitative estimate of drug-likeness (QED) is 0.408. The maximum Gasteiger partial charge on any atom is 0.279 e. The van der Waals surface area contributed by atoms with E-state index in [2.05, 4.69) is 20.2 Å². The van der Waals surface area contributed by atoms with E-state index in [0.29, 0.717) is 28.0 Å². The van der Waals surface area contributed by atoms with Crippen LogP contribution in [0.5, 0.6) is 0 Å². The average Bonchev–Trinajstić information content (AvgIpc) is 3.30. The van der Waals surface area contributed by atoms with Crippen LogP contribution < -0.4 is 5.56 Å². The molecule has 30 heavy (non-hydrogen) atoms. The number of fused-ring (bicyclic) bond motifs is 1. The lowest BCUT2D eigenvalue weighted by molar-refractivity contribution is 0.430. The molecule has 0 unspecified atom stereocenters. The molecule has 3 aromatic heterocycles. The minimum atomic E-state index is -0.207. The third-order valence-corrected chi connectivity index (χ3v) is 5.40. The molecule has 0 fully saturated rings. The van der Waals surface area contributed by atoms with Gasteiger partial charge in [-0.3, -0.25) is 9.78 Å². The molecule has 0 spiro atoms. The van der Waals surface area contributed by atoms with Crippen LogP contribution in [0.25, 0.3) is 39.4 Å². The summed E-state index contributed by atoms with van der Waals surface area (Å²) in [5.74, 6) is 0.674. The Bertz CT molecular complexity index is 1410. The average molecular weight is 413 g/mol. The number of nitrogens with zero attached hydrogens (tertiary/aromatic N) is 5. The number of hydrogen-bond donors (Lipinski definition) is 0. The largest absolute Gasteiger partial charge is 0.332 e. The summed E-state index contributed by atoms with van der Waals surface area (Å²) in [6, 6.07) is 18.5. The van der Waals surface area contributed by atoms with E-state index in [1.807, 2.05) is 48.7 Å². The second-order valence-electron chi connectivity index (χ2n) is 6.47. The molecule has 5 rings (SSSR count). The molecule has 0 saturated heterocycles. The second kappa shape index (κ2) is 7.57. The molecule has 0 bridgehead atoms. The highest BCUT2D eigenvalue weighted by Crippen LogP contribution is 2.26. The predicted molar refractivity (Wildman–Crippen MR) is 116 cm³/mol. The van der Waals surface area contributed by atoms with E-state index in [0.717, 1.165) is 10.5 Å². The molecule has 2 aromatic carbocycles. The van der Waals surface area contributed by atoms with E-state index in [4.69, 9.17) is 4.52 Å².